The van der Waals surface area contributed by atoms with Gasteiger partial charge in [-0.2, -0.15) is 0 Å². The molecule has 1 aliphatic rings. The Bertz CT molecular complexity index is 181. The summed E-state index contributed by atoms with van der Waals surface area (Å²) in [5.74, 6) is 0. The van der Waals surface area contributed by atoms with Crippen molar-refractivity contribution in [3.8, 4) is 0 Å². The molecular weight excluding hydrogens is 196 g/mol. The maximum Gasteiger partial charge on any atom is 0.0528 e. The molecule has 0 aromatic heterocycles. The van der Waals surface area contributed by atoms with Gasteiger partial charge in [0, 0.05) is 5.25 Å². The van der Waals surface area contributed by atoms with Crippen LogP contribution in [0.2, 0.25) is 0 Å². The number of hydrogen-bond acceptors (Lipinski definition) is 3. The second-order valence-corrected chi connectivity index (χ2v) is 11.1. The zero-order chi connectivity index (χ0) is 8.32. The Morgan fingerprint density at radius 2 is 2.64 bits per heavy atom. The Labute approximate surface area is 76.7 Å². The van der Waals surface area contributed by atoms with Crippen molar-refractivity contribution in [3.05, 3.63) is 24.1 Å². The lowest BCUT2D eigenvalue weighted by molar-refractivity contribution is 0.676. The average molecular weight is 208 g/mol. The minimum absolute atomic E-state index is 0.486. The third-order valence-electron chi connectivity index (χ3n) is 1.44. The van der Waals surface area contributed by atoms with Crippen molar-refractivity contribution >= 4 is 30.0 Å². The summed E-state index contributed by atoms with van der Waals surface area (Å²) < 4.78 is 9.01. The van der Waals surface area contributed by atoms with Crippen LogP contribution in [0.5, 0.6) is 0 Å². The summed E-state index contributed by atoms with van der Waals surface area (Å²) in [6, 6.07) is 0. The highest BCUT2D eigenvalue weighted by Crippen LogP contribution is 2.70. The van der Waals surface area contributed by atoms with Crippen molar-refractivity contribution in [2.45, 2.75) is 11.7 Å². The second kappa shape index (κ2) is 3.94. The fourth-order valence-electron chi connectivity index (χ4n) is 0.859. The molecule has 1 N–H and O–H groups in total. The second-order valence-electron chi connectivity index (χ2n) is 2.38. The number of allylic oxidation sites excluding steroid dienone is 1. The first-order valence-electron chi connectivity index (χ1n) is 3.29. The standard InChI is InChI=1S/C7H12OS3/c1-3-7-5-4-6-11(2,9-7)10-8/h3-4,6-8H,1,5H2,2H3/t7-/m0/s1. The normalized spacial score (nSPS) is 42.9. The van der Waals surface area contributed by atoms with E-state index in [1.165, 1.54) is 0 Å². The lowest BCUT2D eigenvalue weighted by atomic mass is 10.3. The Hall–Kier alpha value is 0.490. The van der Waals surface area contributed by atoms with Crippen molar-refractivity contribution < 1.29 is 4.55 Å². The van der Waals surface area contributed by atoms with E-state index >= 15 is 0 Å². The van der Waals surface area contributed by atoms with Crippen molar-refractivity contribution in [1.82, 2.24) is 0 Å². The maximum atomic E-state index is 9.01. The number of rotatable bonds is 2. The minimum atomic E-state index is -1.00. The molecule has 0 radical (unpaired) electrons. The van der Waals surface area contributed by atoms with Gasteiger partial charge in [-0.15, -0.1) is 14.7 Å². The lowest BCUT2D eigenvalue weighted by Gasteiger charge is -2.33. The van der Waals surface area contributed by atoms with Crippen LogP contribution in [0.15, 0.2) is 24.1 Å². The predicted octanol–water partition coefficient (Wildman–Crippen LogP) is 3.66. The Balaban J connectivity index is 2.65. The fourth-order valence-corrected chi connectivity index (χ4v) is 6.31. The summed E-state index contributed by atoms with van der Waals surface area (Å²) in [4.78, 5) is 0. The molecule has 0 aromatic carbocycles. The Morgan fingerprint density at radius 3 is 3.18 bits per heavy atom. The van der Waals surface area contributed by atoms with E-state index in [-0.39, 0.29) is 0 Å². The predicted molar refractivity (Wildman–Crippen MR) is 59.1 cm³/mol. The van der Waals surface area contributed by atoms with Gasteiger partial charge < -0.3 is 4.55 Å². The van der Waals surface area contributed by atoms with Crippen LogP contribution in [0.3, 0.4) is 0 Å². The maximum absolute atomic E-state index is 9.01. The van der Waals surface area contributed by atoms with Crippen LogP contribution >= 0.6 is 30.0 Å². The summed E-state index contributed by atoms with van der Waals surface area (Å²) in [5.41, 5.74) is 0. The van der Waals surface area contributed by atoms with Crippen LogP contribution in [-0.2, 0) is 0 Å². The molecule has 1 heterocycles. The highest BCUT2D eigenvalue weighted by atomic mass is 33.6. The zero-order valence-corrected chi connectivity index (χ0v) is 8.85. The van der Waals surface area contributed by atoms with Crippen LogP contribution in [0.4, 0.5) is 0 Å². The molecule has 1 unspecified atom stereocenters. The van der Waals surface area contributed by atoms with E-state index in [9.17, 15) is 0 Å². The van der Waals surface area contributed by atoms with Crippen molar-refractivity contribution in [1.29, 1.82) is 0 Å². The molecule has 0 aromatic rings. The van der Waals surface area contributed by atoms with Gasteiger partial charge in [-0.3, -0.25) is 0 Å². The third-order valence-corrected chi connectivity index (χ3v) is 8.13. The van der Waals surface area contributed by atoms with Gasteiger partial charge >= 0.3 is 0 Å². The van der Waals surface area contributed by atoms with Gasteiger partial charge in [0.2, 0.25) is 0 Å². The van der Waals surface area contributed by atoms with E-state index in [4.69, 9.17) is 4.55 Å². The first-order chi connectivity index (χ1) is 5.20. The molecule has 1 aliphatic heterocycles. The summed E-state index contributed by atoms with van der Waals surface area (Å²) in [6.07, 6.45) is 7.24. The van der Waals surface area contributed by atoms with Gasteiger partial charge in [-0.1, -0.05) is 22.9 Å². The molecule has 0 saturated heterocycles. The first-order valence-corrected chi connectivity index (χ1v) is 8.08. The summed E-state index contributed by atoms with van der Waals surface area (Å²) in [7, 11) is 0.823. The van der Waals surface area contributed by atoms with E-state index < -0.39 is 8.09 Å². The highest BCUT2D eigenvalue weighted by Gasteiger charge is 2.23. The van der Waals surface area contributed by atoms with Gasteiger partial charge in [-0.05, 0) is 18.1 Å². The van der Waals surface area contributed by atoms with Crippen molar-refractivity contribution in [2.75, 3.05) is 6.26 Å². The first kappa shape index (κ1) is 9.58. The molecule has 2 atom stereocenters. The SMILES string of the molecule is C=C[C@H]1CC=CS(C)(SO)S1. The summed E-state index contributed by atoms with van der Waals surface area (Å²) in [5, 5.41) is 2.61. The van der Waals surface area contributed by atoms with Crippen LogP contribution < -0.4 is 0 Å². The molecule has 0 amide bonds. The van der Waals surface area contributed by atoms with E-state index in [0.29, 0.717) is 5.25 Å². The largest absolute Gasteiger partial charge is 0.321 e. The quantitative estimate of drug-likeness (QED) is 0.425. The molecule has 0 fully saturated rings. The molecule has 0 bridgehead atoms. The topological polar surface area (TPSA) is 20.2 Å². The average Bonchev–Trinajstić information content (AvgIpc) is 2.05. The van der Waals surface area contributed by atoms with Gasteiger partial charge in [0.25, 0.3) is 0 Å². The van der Waals surface area contributed by atoms with Gasteiger partial charge in [0.1, 0.15) is 0 Å². The van der Waals surface area contributed by atoms with E-state index in [1.54, 1.807) is 0 Å². The van der Waals surface area contributed by atoms with Gasteiger partial charge in [0.05, 0.1) is 11.1 Å². The molecule has 11 heavy (non-hydrogen) atoms. The van der Waals surface area contributed by atoms with Gasteiger partial charge in [-0.25, -0.2) is 0 Å². The van der Waals surface area contributed by atoms with E-state index in [1.807, 2.05) is 16.9 Å². The Morgan fingerprint density at radius 1 is 1.91 bits per heavy atom. The zero-order valence-electron chi connectivity index (χ0n) is 6.40. The van der Waals surface area contributed by atoms with E-state index in [2.05, 4.69) is 24.3 Å². The Kier molecular flexibility index (Phi) is 3.43. The van der Waals surface area contributed by atoms with Crippen LogP contribution in [-0.4, -0.2) is 16.1 Å². The summed E-state index contributed by atoms with van der Waals surface area (Å²) in [6.45, 7) is 3.75. The molecule has 1 rings (SSSR count). The highest BCUT2D eigenvalue weighted by molar-refractivity contribution is 9.25. The molecule has 4 heteroatoms. The minimum Gasteiger partial charge on any atom is -0.321 e. The van der Waals surface area contributed by atoms with Crippen molar-refractivity contribution in [3.63, 3.8) is 0 Å². The van der Waals surface area contributed by atoms with Crippen LogP contribution in [0.1, 0.15) is 6.42 Å². The molecule has 0 saturated carbocycles. The van der Waals surface area contributed by atoms with Crippen LogP contribution in [0.25, 0.3) is 0 Å². The lowest BCUT2D eigenvalue weighted by Crippen LogP contribution is -2.02. The van der Waals surface area contributed by atoms with Crippen molar-refractivity contribution in [2.24, 2.45) is 0 Å². The van der Waals surface area contributed by atoms with E-state index in [0.717, 1.165) is 17.5 Å². The molecule has 0 aliphatic carbocycles. The molecule has 0 spiro atoms. The smallest absolute Gasteiger partial charge is 0.0528 e. The molecule has 64 valence electrons. The molecule has 1 nitrogen and oxygen atoms in total. The fraction of sp³-hybridized carbons (Fsp3) is 0.429. The molecular formula is C7H12OS3. The monoisotopic (exact) mass is 208 g/mol. The van der Waals surface area contributed by atoms with Gasteiger partial charge in [0.15, 0.2) is 0 Å². The number of hydrogen-bond donors (Lipinski definition) is 1. The third kappa shape index (κ3) is 2.47. The van der Waals surface area contributed by atoms with Crippen LogP contribution in [0, 0.1) is 0 Å². The summed E-state index contributed by atoms with van der Waals surface area (Å²) >= 11 is 0.979.